The fraction of sp³-hybridized carbons (Fsp3) is 0.182. The largest absolute Gasteiger partial charge is 0.295 e. The average Bonchev–Trinajstić information content (AvgIpc) is 3.32. The monoisotopic (exact) mass is 392 g/mol. The number of thiazole rings is 1. The Balaban J connectivity index is 1.70. The van der Waals surface area contributed by atoms with E-state index in [2.05, 4.69) is 36.0 Å². The van der Waals surface area contributed by atoms with Crippen molar-refractivity contribution in [3.8, 4) is 16.9 Å². The zero-order valence-electron chi connectivity index (χ0n) is 15.8. The van der Waals surface area contributed by atoms with E-state index in [1.165, 1.54) is 17.7 Å². The molecule has 28 heavy (non-hydrogen) atoms. The second-order valence-corrected chi connectivity index (χ2v) is 7.87. The van der Waals surface area contributed by atoms with E-state index in [1.807, 2.05) is 40.7 Å². The second kappa shape index (κ2) is 8.04. The van der Waals surface area contributed by atoms with Gasteiger partial charge in [0.25, 0.3) is 0 Å². The number of rotatable bonds is 6. The molecule has 4 aromatic rings. The third-order valence-corrected chi connectivity index (χ3v) is 5.25. The number of nitrogens with zero attached hydrogens (tertiary/aromatic N) is 4. The van der Waals surface area contributed by atoms with Gasteiger partial charge < -0.3 is 0 Å². The summed E-state index contributed by atoms with van der Waals surface area (Å²) in [5, 5.41) is 7.85. The van der Waals surface area contributed by atoms with Crippen molar-refractivity contribution < 1.29 is 4.39 Å². The smallest absolute Gasteiger partial charge is 0.123 e. The molecule has 4 nitrogen and oxygen atoms in total. The summed E-state index contributed by atoms with van der Waals surface area (Å²) in [6.07, 6.45) is 3.86. The Morgan fingerprint density at radius 1 is 1.11 bits per heavy atom. The molecule has 142 valence electrons. The minimum atomic E-state index is -0.260. The lowest BCUT2D eigenvalue weighted by atomic mass is 10.1. The molecular weight excluding hydrogens is 371 g/mol. The van der Waals surface area contributed by atoms with Gasteiger partial charge in [0.15, 0.2) is 0 Å². The summed E-state index contributed by atoms with van der Waals surface area (Å²) in [6.45, 7) is 3.51. The van der Waals surface area contributed by atoms with Crippen LogP contribution in [0, 0.1) is 12.7 Å². The molecule has 0 radical (unpaired) electrons. The van der Waals surface area contributed by atoms with E-state index in [4.69, 9.17) is 5.10 Å². The van der Waals surface area contributed by atoms with Gasteiger partial charge in [-0.05, 0) is 43.8 Å². The van der Waals surface area contributed by atoms with Gasteiger partial charge in [-0.1, -0.05) is 24.3 Å². The number of hydrogen-bond acceptors (Lipinski definition) is 4. The molecule has 0 bridgehead atoms. The van der Waals surface area contributed by atoms with Gasteiger partial charge >= 0.3 is 0 Å². The fourth-order valence-electron chi connectivity index (χ4n) is 3.22. The van der Waals surface area contributed by atoms with E-state index in [0.29, 0.717) is 6.54 Å². The lowest BCUT2D eigenvalue weighted by molar-refractivity contribution is 0.319. The fourth-order valence-corrected chi connectivity index (χ4v) is 3.91. The maximum atomic E-state index is 13.8. The molecule has 0 unspecified atom stereocenters. The van der Waals surface area contributed by atoms with Gasteiger partial charge in [-0.2, -0.15) is 5.10 Å². The molecule has 0 N–H and O–H groups in total. The minimum Gasteiger partial charge on any atom is -0.295 e. The van der Waals surface area contributed by atoms with Crippen molar-refractivity contribution in [3.63, 3.8) is 0 Å². The molecular formula is C22H21FN4S. The van der Waals surface area contributed by atoms with Gasteiger partial charge in [-0.3, -0.25) is 4.90 Å². The molecule has 6 heteroatoms. The highest BCUT2D eigenvalue weighted by atomic mass is 32.1. The maximum absolute atomic E-state index is 13.8. The van der Waals surface area contributed by atoms with Crippen LogP contribution in [-0.4, -0.2) is 26.7 Å². The predicted octanol–water partition coefficient (Wildman–Crippen LogP) is 5.08. The van der Waals surface area contributed by atoms with E-state index in [9.17, 15) is 4.39 Å². The van der Waals surface area contributed by atoms with Crippen LogP contribution >= 0.6 is 11.3 Å². The number of aryl methyl sites for hydroxylation is 1. The van der Waals surface area contributed by atoms with E-state index in [1.54, 1.807) is 17.4 Å². The summed E-state index contributed by atoms with van der Waals surface area (Å²) < 4.78 is 15.7. The van der Waals surface area contributed by atoms with Crippen LogP contribution in [0.25, 0.3) is 16.9 Å². The number of aromatic nitrogens is 3. The maximum Gasteiger partial charge on any atom is 0.123 e. The first-order valence-electron chi connectivity index (χ1n) is 9.07. The highest BCUT2D eigenvalue weighted by molar-refractivity contribution is 7.09. The Kier molecular flexibility index (Phi) is 5.32. The van der Waals surface area contributed by atoms with Crippen LogP contribution in [0.5, 0.6) is 0 Å². The molecule has 0 spiro atoms. The van der Waals surface area contributed by atoms with Crippen molar-refractivity contribution >= 4 is 11.3 Å². The first kappa shape index (κ1) is 18.5. The van der Waals surface area contributed by atoms with Crippen LogP contribution in [0.1, 0.15) is 16.1 Å². The van der Waals surface area contributed by atoms with E-state index in [-0.39, 0.29) is 5.82 Å². The van der Waals surface area contributed by atoms with E-state index in [0.717, 1.165) is 34.1 Å². The van der Waals surface area contributed by atoms with Crippen molar-refractivity contribution in [2.75, 3.05) is 7.05 Å². The normalized spacial score (nSPS) is 11.3. The zero-order chi connectivity index (χ0) is 19.5. The lowest BCUT2D eigenvalue weighted by Crippen LogP contribution is -2.17. The molecule has 0 atom stereocenters. The minimum absolute atomic E-state index is 0.260. The van der Waals surface area contributed by atoms with Gasteiger partial charge in [0.05, 0.1) is 17.9 Å². The molecule has 2 aromatic carbocycles. The predicted molar refractivity (Wildman–Crippen MR) is 111 cm³/mol. The van der Waals surface area contributed by atoms with Crippen LogP contribution in [0.15, 0.2) is 66.3 Å². The Hall–Kier alpha value is -2.83. The third-order valence-electron chi connectivity index (χ3n) is 4.48. The van der Waals surface area contributed by atoms with Crippen LogP contribution in [0.2, 0.25) is 0 Å². The highest BCUT2D eigenvalue weighted by Gasteiger charge is 2.15. The first-order valence-corrected chi connectivity index (χ1v) is 9.95. The van der Waals surface area contributed by atoms with Crippen molar-refractivity contribution in [3.05, 3.63) is 88.3 Å². The summed E-state index contributed by atoms with van der Waals surface area (Å²) in [5.74, 6) is -0.260. The Labute approximate surface area is 167 Å². The first-order chi connectivity index (χ1) is 13.6. The molecule has 0 amide bonds. The average molecular weight is 393 g/mol. The molecule has 0 aliphatic carbocycles. The third kappa shape index (κ3) is 4.18. The quantitative estimate of drug-likeness (QED) is 0.459. The molecule has 0 saturated heterocycles. The summed E-state index contributed by atoms with van der Waals surface area (Å²) >= 11 is 1.64. The summed E-state index contributed by atoms with van der Waals surface area (Å²) in [6, 6.07) is 14.8. The zero-order valence-corrected chi connectivity index (χ0v) is 16.7. The van der Waals surface area contributed by atoms with E-state index < -0.39 is 0 Å². The molecule has 2 aromatic heterocycles. The Bertz CT molecular complexity index is 1070. The molecule has 4 rings (SSSR count). The second-order valence-electron chi connectivity index (χ2n) is 6.89. The highest BCUT2D eigenvalue weighted by Crippen LogP contribution is 2.26. The molecule has 2 heterocycles. The molecule has 0 aliphatic heterocycles. The Morgan fingerprint density at radius 2 is 1.96 bits per heavy atom. The summed E-state index contributed by atoms with van der Waals surface area (Å²) in [4.78, 5) is 6.55. The molecule has 0 aliphatic rings. The number of benzene rings is 2. The SMILES string of the molecule is Cc1cccc(-n2cc(CN(C)Cc3nccs3)c(-c3cccc(F)c3)n2)c1. The van der Waals surface area contributed by atoms with Crippen LogP contribution < -0.4 is 0 Å². The van der Waals surface area contributed by atoms with Crippen molar-refractivity contribution in [2.24, 2.45) is 0 Å². The van der Waals surface area contributed by atoms with Crippen molar-refractivity contribution in [2.45, 2.75) is 20.0 Å². The van der Waals surface area contributed by atoms with Gasteiger partial charge in [0, 0.05) is 35.4 Å². The number of hydrogen-bond donors (Lipinski definition) is 0. The molecule has 0 saturated carbocycles. The topological polar surface area (TPSA) is 34.0 Å². The van der Waals surface area contributed by atoms with Crippen molar-refractivity contribution in [1.29, 1.82) is 0 Å². The van der Waals surface area contributed by atoms with Gasteiger partial charge in [0.2, 0.25) is 0 Å². The standard InChI is InChI=1S/C22H21FN4S/c1-16-5-3-8-20(11-16)27-14-18(13-26(2)15-21-24-9-10-28-21)22(25-27)17-6-4-7-19(23)12-17/h3-12,14H,13,15H2,1-2H3. The van der Waals surface area contributed by atoms with Crippen molar-refractivity contribution in [1.82, 2.24) is 19.7 Å². The van der Waals surface area contributed by atoms with Gasteiger partial charge in [-0.15, -0.1) is 11.3 Å². The van der Waals surface area contributed by atoms with Gasteiger partial charge in [0.1, 0.15) is 10.8 Å². The lowest BCUT2D eigenvalue weighted by Gasteiger charge is -2.14. The van der Waals surface area contributed by atoms with Crippen LogP contribution in [0.3, 0.4) is 0 Å². The molecule has 0 fully saturated rings. The summed E-state index contributed by atoms with van der Waals surface area (Å²) in [5.41, 5.74) is 4.79. The van der Waals surface area contributed by atoms with E-state index >= 15 is 0 Å². The summed E-state index contributed by atoms with van der Waals surface area (Å²) in [7, 11) is 2.06. The number of halogens is 1. The van der Waals surface area contributed by atoms with Gasteiger partial charge in [-0.25, -0.2) is 14.1 Å². The van der Waals surface area contributed by atoms with Crippen LogP contribution in [0.4, 0.5) is 4.39 Å². The van der Waals surface area contributed by atoms with Crippen LogP contribution in [-0.2, 0) is 13.1 Å². The Morgan fingerprint density at radius 3 is 2.71 bits per heavy atom.